The molecule has 0 aliphatic carbocycles. The highest BCUT2D eigenvalue weighted by molar-refractivity contribution is 5.74. The number of hydrogen-bond donors (Lipinski definition) is 2. The standard InChI is InChI=1S/C8H8N2O2/c11-12-4-6-1-2-7-8(3-6)10-5-9-7/h1-3,5,11H,4H2,(H,9,10). The molecule has 4 nitrogen and oxygen atoms in total. The van der Waals surface area contributed by atoms with Crippen LogP contribution in [0.4, 0.5) is 0 Å². The molecule has 1 aromatic heterocycles. The Morgan fingerprint density at radius 1 is 1.50 bits per heavy atom. The molecule has 0 radical (unpaired) electrons. The van der Waals surface area contributed by atoms with E-state index >= 15 is 0 Å². The zero-order valence-corrected chi connectivity index (χ0v) is 6.32. The molecule has 0 aliphatic heterocycles. The summed E-state index contributed by atoms with van der Waals surface area (Å²) in [4.78, 5) is 11.1. The number of fused-ring (bicyclic) bond motifs is 1. The van der Waals surface area contributed by atoms with Crippen molar-refractivity contribution in [3.63, 3.8) is 0 Å². The van der Waals surface area contributed by atoms with E-state index in [0.29, 0.717) is 0 Å². The van der Waals surface area contributed by atoms with Gasteiger partial charge in [0.25, 0.3) is 0 Å². The third-order valence-electron chi connectivity index (χ3n) is 1.72. The smallest absolute Gasteiger partial charge is 0.107 e. The Balaban J connectivity index is 2.46. The lowest BCUT2D eigenvalue weighted by Gasteiger charge is -1.96. The molecule has 0 fully saturated rings. The number of H-pyrrole nitrogens is 1. The fourth-order valence-corrected chi connectivity index (χ4v) is 1.15. The summed E-state index contributed by atoms with van der Waals surface area (Å²) in [6, 6.07) is 5.62. The molecule has 0 amide bonds. The topological polar surface area (TPSA) is 58.1 Å². The Morgan fingerprint density at radius 2 is 2.42 bits per heavy atom. The van der Waals surface area contributed by atoms with Crippen molar-refractivity contribution in [1.29, 1.82) is 0 Å². The second-order valence-corrected chi connectivity index (χ2v) is 2.53. The van der Waals surface area contributed by atoms with Gasteiger partial charge in [-0.05, 0) is 17.7 Å². The third-order valence-corrected chi connectivity index (χ3v) is 1.72. The van der Waals surface area contributed by atoms with Gasteiger partial charge in [0.2, 0.25) is 0 Å². The van der Waals surface area contributed by atoms with Crippen molar-refractivity contribution in [1.82, 2.24) is 9.97 Å². The molecule has 62 valence electrons. The van der Waals surface area contributed by atoms with Gasteiger partial charge in [0, 0.05) is 0 Å². The van der Waals surface area contributed by atoms with Gasteiger partial charge in [0.1, 0.15) is 6.61 Å². The average Bonchev–Trinajstić information content (AvgIpc) is 2.51. The number of aromatic amines is 1. The van der Waals surface area contributed by atoms with Gasteiger partial charge in [-0.3, -0.25) is 5.26 Å². The molecule has 1 aromatic carbocycles. The summed E-state index contributed by atoms with van der Waals surface area (Å²) in [7, 11) is 0. The maximum absolute atomic E-state index is 8.22. The lowest BCUT2D eigenvalue weighted by molar-refractivity contribution is -0.252. The first-order valence-corrected chi connectivity index (χ1v) is 3.58. The van der Waals surface area contributed by atoms with Crippen molar-refractivity contribution >= 4 is 11.0 Å². The zero-order chi connectivity index (χ0) is 8.39. The first-order chi connectivity index (χ1) is 5.90. The summed E-state index contributed by atoms with van der Waals surface area (Å²) in [5.74, 6) is 0. The van der Waals surface area contributed by atoms with E-state index in [-0.39, 0.29) is 6.61 Å². The monoisotopic (exact) mass is 164 g/mol. The van der Waals surface area contributed by atoms with Gasteiger partial charge in [-0.15, -0.1) is 0 Å². The van der Waals surface area contributed by atoms with Crippen molar-refractivity contribution < 1.29 is 10.1 Å². The lowest BCUT2D eigenvalue weighted by Crippen LogP contribution is -1.86. The van der Waals surface area contributed by atoms with Crippen LogP contribution in [-0.4, -0.2) is 15.2 Å². The van der Waals surface area contributed by atoms with Crippen LogP contribution in [0.15, 0.2) is 24.5 Å². The number of nitrogens with zero attached hydrogens (tertiary/aromatic N) is 1. The van der Waals surface area contributed by atoms with Crippen LogP contribution in [-0.2, 0) is 11.5 Å². The van der Waals surface area contributed by atoms with Crippen LogP contribution in [0.3, 0.4) is 0 Å². The van der Waals surface area contributed by atoms with E-state index in [1.165, 1.54) is 0 Å². The van der Waals surface area contributed by atoms with Gasteiger partial charge < -0.3 is 4.98 Å². The van der Waals surface area contributed by atoms with Crippen LogP contribution in [0.2, 0.25) is 0 Å². The van der Waals surface area contributed by atoms with Crippen LogP contribution >= 0.6 is 0 Å². The summed E-state index contributed by atoms with van der Waals surface area (Å²) in [6.45, 7) is 0.203. The number of benzene rings is 1. The van der Waals surface area contributed by atoms with Crippen LogP contribution < -0.4 is 0 Å². The molecule has 0 atom stereocenters. The van der Waals surface area contributed by atoms with E-state index in [2.05, 4.69) is 14.9 Å². The van der Waals surface area contributed by atoms with Crippen molar-refractivity contribution in [3.8, 4) is 0 Å². The van der Waals surface area contributed by atoms with E-state index in [0.717, 1.165) is 16.6 Å². The number of imidazole rings is 1. The fourth-order valence-electron chi connectivity index (χ4n) is 1.15. The second-order valence-electron chi connectivity index (χ2n) is 2.53. The molecule has 2 N–H and O–H groups in total. The average molecular weight is 164 g/mol. The van der Waals surface area contributed by atoms with Crippen molar-refractivity contribution in [3.05, 3.63) is 30.1 Å². The number of nitrogens with one attached hydrogen (secondary N) is 1. The summed E-state index contributed by atoms with van der Waals surface area (Å²) in [6.07, 6.45) is 1.63. The van der Waals surface area contributed by atoms with Gasteiger partial charge in [0.05, 0.1) is 17.4 Å². The first-order valence-electron chi connectivity index (χ1n) is 3.58. The first kappa shape index (κ1) is 7.27. The van der Waals surface area contributed by atoms with Gasteiger partial charge in [-0.1, -0.05) is 6.07 Å². The van der Waals surface area contributed by atoms with Crippen LogP contribution in [0.1, 0.15) is 5.56 Å². The Bertz CT molecular complexity index is 383. The predicted octanol–water partition coefficient (Wildman–Crippen LogP) is 1.55. The fraction of sp³-hybridized carbons (Fsp3) is 0.125. The molecule has 0 saturated heterocycles. The van der Waals surface area contributed by atoms with Gasteiger partial charge in [0.15, 0.2) is 0 Å². The normalized spacial score (nSPS) is 10.8. The van der Waals surface area contributed by atoms with E-state index in [9.17, 15) is 0 Å². The maximum atomic E-state index is 8.22. The van der Waals surface area contributed by atoms with Crippen LogP contribution in [0, 0.1) is 0 Å². The Morgan fingerprint density at radius 3 is 3.25 bits per heavy atom. The largest absolute Gasteiger partial charge is 0.345 e. The molecule has 0 saturated carbocycles. The minimum Gasteiger partial charge on any atom is -0.345 e. The number of hydrogen-bond acceptors (Lipinski definition) is 3. The summed E-state index contributed by atoms with van der Waals surface area (Å²) in [5.41, 5.74) is 2.77. The van der Waals surface area contributed by atoms with Gasteiger partial charge in [-0.2, -0.15) is 0 Å². The van der Waals surface area contributed by atoms with Gasteiger partial charge in [-0.25, -0.2) is 9.87 Å². The predicted molar refractivity (Wildman–Crippen MR) is 43.5 cm³/mol. The quantitative estimate of drug-likeness (QED) is 0.523. The minimum atomic E-state index is 0.203. The lowest BCUT2D eigenvalue weighted by atomic mass is 10.2. The van der Waals surface area contributed by atoms with E-state index in [4.69, 9.17) is 5.26 Å². The molecule has 1 heterocycles. The molecular weight excluding hydrogens is 156 g/mol. The SMILES string of the molecule is OOCc1ccc2nc[nH]c2c1. The zero-order valence-electron chi connectivity index (χ0n) is 6.32. The molecule has 2 aromatic rings. The minimum absolute atomic E-state index is 0.203. The number of rotatable bonds is 2. The van der Waals surface area contributed by atoms with Crippen molar-refractivity contribution in [2.75, 3.05) is 0 Å². The third kappa shape index (κ3) is 1.17. The van der Waals surface area contributed by atoms with Gasteiger partial charge >= 0.3 is 0 Å². The second kappa shape index (κ2) is 2.92. The Labute approximate surface area is 68.7 Å². The molecular formula is C8H8N2O2. The van der Waals surface area contributed by atoms with E-state index in [1.807, 2.05) is 18.2 Å². The maximum Gasteiger partial charge on any atom is 0.107 e. The molecule has 0 aliphatic rings. The van der Waals surface area contributed by atoms with Crippen molar-refractivity contribution in [2.24, 2.45) is 0 Å². The summed E-state index contributed by atoms with van der Waals surface area (Å²) < 4.78 is 0. The van der Waals surface area contributed by atoms with Crippen LogP contribution in [0.25, 0.3) is 11.0 Å². The molecule has 2 rings (SSSR count). The van der Waals surface area contributed by atoms with Crippen molar-refractivity contribution in [2.45, 2.75) is 6.61 Å². The number of aromatic nitrogens is 2. The molecule has 12 heavy (non-hydrogen) atoms. The van der Waals surface area contributed by atoms with E-state index in [1.54, 1.807) is 6.33 Å². The highest BCUT2D eigenvalue weighted by Gasteiger charge is 1.97. The summed E-state index contributed by atoms with van der Waals surface area (Å²) in [5, 5.41) is 8.22. The molecule has 0 bridgehead atoms. The molecule has 4 heteroatoms. The molecule has 0 spiro atoms. The summed E-state index contributed by atoms with van der Waals surface area (Å²) >= 11 is 0. The Hall–Kier alpha value is -1.39. The van der Waals surface area contributed by atoms with E-state index < -0.39 is 0 Å². The Kier molecular flexibility index (Phi) is 1.77. The highest BCUT2D eigenvalue weighted by Crippen LogP contribution is 2.11. The highest BCUT2D eigenvalue weighted by atomic mass is 17.1. The molecule has 0 unspecified atom stereocenters. The van der Waals surface area contributed by atoms with Crippen LogP contribution in [0.5, 0.6) is 0 Å².